The van der Waals surface area contributed by atoms with Gasteiger partial charge in [-0.3, -0.25) is 4.98 Å². The summed E-state index contributed by atoms with van der Waals surface area (Å²) in [4.78, 5) is 6.74. The van der Waals surface area contributed by atoms with E-state index in [0.29, 0.717) is 0 Å². The van der Waals surface area contributed by atoms with Gasteiger partial charge in [0.25, 0.3) is 0 Å². The summed E-state index contributed by atoms with van der Waals surface area (Å²) in [5, 5.41) is 2.28. The molecule has 2 heterocycles. The summed E-state index contributed by atoms with van der Waals surface area (Å²) < 4.78 is 0. The lowest BCUT2D eigenvalue weighted by Crippen LogP contribution is -2.38. The largest absolute Gasteiger partial charge is 0.398 e. The van der Waals surface area contributed by atoms with Crippen molar-refractivity contribution < 1.29 is 0 Å². The predicted octanol–water partition coefficient (Wildman–Crippen LogP) is 3.30. The molecule has 1 aliphatic heterocycles. The molecule has 3 nitrogen and oxygen atoms in total. The van der Waals surface area contributed by atoms with Crippen molar-refractivity contribution in [2.75, 3.05) is 23.7 Å². The second-order valence-corrected chi connectivity index (χ2v) is 5.78. The van der Waals surface area contributed by atoms with E-state index in [-0.39, 0.29) is 0 Å². The number of pyridine rings is 1. The van der Waals surface area contributed by atoms with Gasteiger partial charge in [0.1, 0.15) is 0 Å². The maximum atomic E-state index is 6.06. The fourth-order valence-corrected chi connectivity index (χ4v) is 2.96. The van der Waals surface area contributed by atoms with E-state index in [1.807, 2.05) is 24.5 Å². The van der Waals surface area contributed by atoms with E-state index in [0.717, 1.165) is 36.0 Å². The predicted molar refractivity (Wildman–Crippen MR) is 81.3 cm³/mol. The minimum absolute atomic E-state index is 0.734. The van der Waals surface area contributed by atoms with Crippen LogP contribution in [-0.2, 0) is 0 Å². The van der Waals surface area contributed by atoms with Gasteiger partial charge in [0, 0.05) is 47.6 Å². The maximum absolute atomic E-state index is 6.06. The SMILES string of the molecule is CC1CCN(c2ccc(N)c3ccncc23)CC1C. The van der Waals surface area contributed by atoms with Crippen molar-refractivity contribution in [2.24, 2.45) is 11.8 Å². The van der Waals surface area contributed by atoms with Crippen LogP contribution < -0.4 is 10.6 Å². The van der Waals surface area contributed by atoms with E-state index in [1.54, 1.807) is 0 Å². The smallest absolute Gasteiger partial charge is 0.0463 e. The number of nitrogens with zero attached hydrogens (tertiary/aromatic N) is 2. The van der Waals surface area contributed by atoms with Crippen LogP contribution in [0.1, 0.15) is 20.3 Å². The number of piperidine rings is 1. The molecule has 0 radical (unpaired) electrons. The third kappa shape index (κ3) is 2.14. The molecule has 1 saturated heterocycles. The Morgan fingerprint density at radius 2 is 2.00 bits per heavy atom. The highest BCUT2D eigenvalue weighted by atomic mass is 15.1. The molecule has 1 aliphatic rings. The van der Waals surface area contributed by atoms with Gasteiger partial charge in [-0.2, -0.15) is 0 Å². The molecule has 3 heteroatoms. The van der Waals surface area contributed by atoms with E-state index in [1.165, 1.54) is 17.5 Å². The van der Waals surface area contributed by atoms with Crippen LogP contribution in [0.2, 0.25) is 0 Å². The van der Waals surface area contributed by atoms with Gasteiger partial charge >= 0.3 is 0 Å². The lowest BCUT2D eigenvalue weighted by molar-refractivity contribution is 0.324. The Labute approximate surface area is 114 Å². The molecule has 0 aliphatic carbocycles. The summed E-state index contributed by atoms with van der Waals surface area (Å²) >= 11 is 0. The zero-order valence-electron chi connectivity index (χ0n) is 11.6. The summed E-state index contributed by atoms with van der Waals surface area (Å²) in [6.07, 6.45) is 5.00. The minimum Gasteiger partial charge on any atom is -0.398 e. The molecule has 0 spiro atoms. The van der Waals surface area contributed by atoms with Crippen molar-refractivity contribution in [1.29, 1.82) is 0 Å². The van der Waals surface area contributed by atoms with Gasteiger partial charge in [-0.05, 0) is 36.5 Å². The van der Waals surface area contributed by atoms with Crippen molar-refractivity contribution >= 4 is 22.1 Å². The Bertz CT molecular complexity index is 594. The molecule has 2 atom stereocenters. The average Bonchev–Trinajstić information content (AvgIpc) is 2.43. The number of hydrogen-bond acceptors (Lipinski definition) is 3. The first-order chi connectivity index (χ1) is 9.16. The first kappa shape index (κ1) is 12.3. The van der Waals surface area contributed by atoms with Gasteiger partial charge in [-0.25, -0.2) is 0 Å². The molecule has 2 aromatic rings. The van der Waals surface area contributed by atoms with Crippen LogP contribution in [0, 0.1) is 11.8 Å². The molecule has 19 heavy (non-hydrogen) atoms. The molecule has 0 saturated carbocycles. The Morgan fingerprint density at radius 3 is 2.79 bits per heavy atom. The summed E-state index contributed by atoms with van der Waals surface area (Å²) in [5.41, 5.74) is 8.16. The standard InChI is InChI=1S/C16H21N3/c1-11-6-8-19(10-12(11)2)16-4-3-15(17)13-5-7-18-9-14(13)16/h3-5,7,9,11-12H,6,8,10,17H2,1-2H3. The highest BCUT2D eigenvalue weighted by Gasteiger charge is 2.23. The Morgan fingerprint density at radius 1 is 1.16 bits per heavy atom. The summed E-state index contributed by atoms with van der Waals surface area (Å²) in [6.45, 7) is 6.94. The summed E-state index contributed by atoms with van der Waals surface area (Å²) in [5.74, 6) is 1.55. The van der Waals surface area contributed by atoms with Crippen LogP contribution in [0.4, 0.5) is 11.4 Å². The fourth-order valence-electron chi connectivity index (χ4n) is 2.96. The number of rotatable bonds is 1. The van der Waals surface area contributed by atoms with Gasteiger partial charge in [0.15, 0.2) is 0 Å². The molecule has 100 valence electrons. The van der Waals surface area contributed by atoms with Gasteiger partial charge in [0.2, 0.25) is 0 Å². The van der Waals surface area contributed by atoms with Gasteiger partial charge in [-0.1, -0.05) is 13.8 Å². The molecule has 2 unspecified atom stereocenters. The third-order valence-electron chi connectivity index (χ3n) is 4.50. The number of nitrogen functional groups attached to an aromatic ring is 1. The van der Waals surface area contributed by atoms with E-state index >= 15 is 0 Å². The maximum Gasteiger partial charge on any atom is 0.0463 e. The summed E-state index contributed by atoms with van der Waals surface area (Å²) in [7, 11) is 0. The lowest BCUT2D eigenvalue weighted by Gasteiger charge is -2.37. The Balaban J connectivity index is 2.04. The number of benzene rings is 1. The second-order valence-electron chi connectivity index (χ2n) is 5.78. The Hall–Kier alpha value is -1.77. The number of hydrogen-bond donors (Lipinski definition) is 1. The van der Waals surface area contributed by atoms with Crippen molar-refractivity contribution in [3.05, 3.63) is 30.6 Å². The number of anilines is 2. The Kier molecular flexibility index (Phi) is 3.05. The van der Waals surface area contributed by atoms with Gasteiger partial charge < -0.3 is 10.6 Å². The minimum atomic E-state index is 0.734. The monoisotopic (exact) mass is 255 g/mol. The molecular weight excluding hydrogens is 234 g/mol. The summed E-state index contributed by atoms with van der Waals surface area (Å²) in [6, 6.07) is 6.16. The highest BCUT2D eigenvalue weighted by molar-refractivity contribution is 6.00. The zero-order valence-corrected chi connectivity index (χ0v) is 11.6. The molecule has 1 aromatic heterocycles. The molecule has 0 bridgehead atoms. The van der Waals surface area contributed by atoms with E-state index in [2.05, 4.69) is 29.8 Å². The molecule has 1 aromatic carbocycles. The molecule has 2 N–H and O–H groups in total. The van der Waals surface area contributed by atoms with E-state index in [4.69, 9.17) is 5.73 Å². The van der Waals surface area contributed by atoms with E-state index < -0.39 is 0 Å². The van der Waals surface area contributed by atoms with Crippen LogP contribution in [0.5, 0.6) is 0 Å². The lowest BCUT2D eigenvalue weighted by atomic mass is 9.88. The average molecular weight is 255 g/mol. The van der Waals surface area contributed by atoms with Gasteiger partial charge in [-0.15, -0.1) is 0 Å². The first-order valence-electron chi connectivity index (χ1n) is 7.04. The van der Waals surface area contributed by atoms with Crippen molar-refractivity contribution in [2.45, 2.75) is 20.3 Å². The molecule has 1 fully saturated rings. The van der Waals surface area contributed by atoms with Crippen molar-refractivity contribution in [3.8, 4) is 0 Å². The quantitative estimate of drug-likeness (QED) is 0.795. The van der Waals surface area contributed by atoms with Crippen LogP contribution in [-0.4, -0.2) is 18.1 Å². The zero-order chi connectivity index (χ0) is 13.4. The number of nitrogens with two attached hydrogens (primary N) is 1. The normalized spacial score (nSPS) is 23.8. The molecule has 3 rings (SSSR count). The first-order valence-corrected chi connectivity index (χ1v) is 7.04. The van der Waals surface area contributed by atoms with Gasteiger partial charge in [0.05, 0.1) is 0 Å². The number of aromatic nitrogens is 1. The number of fused-ring (bicyclic) bond motifs is 1. The van der Waals surface area contributed by atoms with E-state index in [9.17, 15) is 0 Å². The molecular formula is C16H21N3. The van der Waals surface area contributed by atoms with Crippen molar-refractivity contribution in [3.63, 3.8) is 0 Å². The van der Waals surface area contributed by atoms with Crippen LogP contribution >= 0.6 is 0 Å². The topological polar surface area (TPSA) is 42.1 Å². The second kappa shape index (κ2) is 4.72. The molecule has 0 amide bonds. The van der Waals surface area contributed by atoms with Crippen LogP contribution in [0.15, 0.2) is 30.6 Å². The van der Waals surface area contributed by atoms with Crippen LogP contribution in [0.25, 0.3) is 10.8 Å². The highest BCUT2D eigenvalue weighted by Crippen LogP contribution is 2.33. The van der Waals surface area contributed by atoms with Crippen molar-refractivity contribution in [1.82, 2.24) is 4.98 Å². The fraction of sp³-hybridized carbons (Fsp3) is 0.438. The van der Waals surface area contributed by atoms with Crippen LogP contribution in [0.3, 0.4) is 0 Å². The third-order valence-corrected chi connectivity index (χ3v) is 4.50.